The Hall–Kier alpha value is -0.680. The number of halogens is 2. The Morgan fingerprint density at radius 2 is 1.50 bits per heavy atom. The fraction of sp³-hybridized carbons (Fsp3) is 0.111. The van der Waals surface area contributed by atoms with Gasteiger partial charge in [0.15, 0.2) is 5.78 Å². The van der Waals surface area contributed by atoms with Crippen molar-refractivity contribution >= 4 is 43.6 Å². The number of carbonyl (C=O) groups excluding carboxylic acids is 1. The highest BCUT2D eigenvalue weighted by Gasteiger charge is 2.13. The summed E-state index contributed by atoms with van der Waals surface area (Å²) in [4.78, 5) is 21.9. The number of carbonyl (C=O) groups is 2. The molecule has 0 aliphatic heterocycles. The first-order chi connectivity index (χ1) is 6.52. The van der Waals surface area contributed by atoms with Crippen molar-refractivity contribution in [3.8, 4) is 0 Å². The van der Waals surface area contributed by atoms with Crippen molar-refractivity contribution in [1.29, 1.82) is 0 Å². The van der Waals surface area contributed by atoms with Gasteiger partial charge in [-0.05, 0) is 12.1 Å². The third-order valence-corrected chi connectivity index (χ3v) is 2.45. The molecule has 1 rings (SSSR count). The number of benzene rings is 1. The molecular weight excluding hydrogens is 316 g/mol. The van der Waals surface area contributed by atoms with E-state index in [9.17, 15) is 9.59 Å². The second-order valence-corrected chi connectivity index (χ2v) is 5.61. The predicted molar refractivity (Wildman–Crippen MR) is 59.4 cm³/mol. The molecule has 0 saturated carbocycles. The molecule has 3 nitrogen and oxygen atoms in total. The van der Waals surface area contributed by atoms with E-state index >= 15 is 0 Å². The molecule has 1 aromatic rings. The Balaban J connectivity index is 2.94. The standard InChI is InChI=1S/C9H6Br2O3/c10-8(11)7(12)5-1-3-6(4-2-5)9(13)14/h1-4,8H,(H,13,14). The minimum Gasteiger partial charge on any atom is -0.478 e. The number of hydrogen-bond acceptors (Lipinski definition) is 2. The third kappa shape index (κ3) is 2.65. The fourth-order valence-corrected chi connectivity index (χ4v) is 1.43. The molecule has 0 aliphatic rings. The minimum atomic E-state index is -1.00. The summed E-state index contributed by atoms with van der Waals surface area (Å²) in [7, 11) is 0. The van der Waals surface area contributed by atoms with Crippen LogP contribution in [-0.2, 0) is 0 Å². The average Bonchev–Trinajstić information content (AvgIpc) is 2.16. The maximum Gasteiger partial charge on any atom is 0.335 e. The normalized spacial score (nSPS) is 10.2. The van der Waals surface area contributed by atoms with Gasteiger partial charge in [0, 0.05) is 5.56 Å². The minimum absolute atomic E-state index is 0.137. The van der Waals surface area contributed by atoms with Crippen LogP contribution in [0.15, 0.2) is 24.3 Å². The van der Waals surface area contributed by atoms with Gasteiger partial charge in [0.05, 0.1) is 5.56 Å². The van der Waals surface area contributed by atoms with Crippen LogP contribution in [0.25, 0.3) is 0 Å². The Kier molecular flexibility index (Phi) is 3.83. The highest BCUT2D eigenvalue weighted by atomic mass is 79.9. The Morgan fingerprint density at radius 3 is 1.86 bits per heavy atom. The summed E-state index contributed by atoms with van der Waals surface area (Å²) in [6.07, 6.45) is 0. The van der Waals surface area contributed by atoms with Gasteiger partial charge in [0.2, 0.25) is 0 Å². The van der Waals surface area contributed by atoms with Gasteiger partial charge in [0.1, 0.15) is 3.74 Å². The second kappa shape index (κ2) is 4.70. The molecule has 1 N–H and O–H groups in total. The highest BCUT2D eigenvalue weighted by molar-refractivity contribution is 9.25. The lowest BCUT2D eigenvalue weighted by molar-refractivity contribution is 0.0696. The molecule has 0 atom stereocenters. The van der Waals surface area contributed by atoms with E-state index < -0.39 is 9.71 Å². The SMILES string of the molecule is O=C(O)c1ccc(C(=O)C(Br)Br)cc1. The highest BCUT2D eigenvalue weighted by Crippen LogP contribution is 2.16. The summed E-state index contributed by atoms with van der Waals surface area (Å²) in [5.74, 6) is -1.14. The number of carboxylic acids is 1. The molecule has 74 valence electrons. The quantitative estimate of drug-likeness (QED) is 0.688. The zero-order chi connectivity index (χ0) is 10.7. The van der Waals surface area contributed by atoms with Crippen LogP contribution in [0.3, 0.4) is 0 Å². The molecule has 0 aromatic heterocycles. The summed E-state index contributed by atoms with van der Waals surface area (Å²) < 4.78 is -0.439. The van der Waals surface area contributed by atoms with Gasteiger partial charge in [-0.2, -0.15) is 0 Å². The number of Topliss-reactive ketones (excluding diaryl/α,β-unsaturated/α-hetero) is 1. The van der Waals surface area contributed by atoms with E-state index in [1.54, 1.807) is 0 Å². The van der Waals surface area contributed by atoms with E-state index in [4.69, 9.17) is 5.11 Å². The van der Waals surface area contributed by atoms with Gasteiger partial charge in [-0.3, -0.25) is 4.79 Å². The average molecular weight is 322 g/mol. The van der Waals surface area contributed by atoms with Gasteiger partial charge < -0.3 is 5.11 Å². The van der Waals surface area contributed by atoms with Crippen molar-refractivity contribution in [2.45, 2.75) is 3.74 Å². The van der Waals surface area contributed by atoms with E-state index in [2.05, 4.69) is 31.9 Å². The Morgan fingerprint density at radius 1 is 1.07 bits per heavy atom. The first-order valence-corrected chi connectivity index (χ1v) is 5.51. The topological polar surface area (TPSA) is 54.4 Å². The summed E-state index contributed by atoms with van der Waals surface area (Å²) in [5.41, 5.74) is 0.635. The largest absolute Gasteiger partial charge is 0.478 e. The lowest BCUT2D eigenvalue weighted by atomic mass is 10.1. The Labute approximate surface area is 97.4 Å². The van der Waals surface area contributed by atoms with Crippen LogP contribution < -0.4 is 0 Å². The van der Waals surface area contributed by atoms with E-state index in [-0.39, 0.29) is 11.3 Å². The van der Waals surface area contributed by atoms with Gasteiger partial charge in [-0.15, -0.1) is 0 Å². The van der Waals surface area contributed by atoms with Crippen LogP contribution in [0, 0.1) is 0 Å². The second-order valence-electron chi connectivity index (χ2n) is 2.55. The molecule has 0 fully saturated rings. The maximum absolute atomic E-state index is 11.4. The molecular formula is C9H6Br2O3. The molecule has 5 heteroatoms. The van der Waals surface area contributed by atoms with Crippen molar-refractivity contribution in [2.24, 2.45) is 0 Å². The molecule has 0 radical (unpaired) electrons. The number of alkyl halides is 2. The van der Waals surface area contributed by atoms with Crippen molar-refractivity contribution in [3.63, 3.8) is 0 Å². The van der Waals surface area contributed by atoms with Crippen LogP contribution >= 0.6 is 31.9 Å². The first-order valence-electron chi connectivity index (χ1n) is 3.68. The summed E-state index contributed by atoms with van der Waals surface area (Å²) in [5, 5.41) is 8.62. The van der Waals surface area contributed by atoms with Gasteiger partial charge in [0.25, 0.3) is 0 Å². The number of aromatic carboxylic acids is 1. The van der Waals surface area contributed by atoms with Crippen molar-refractivity contribution in [1.82, 2.24) is 0 Å². The molecule has 1 aromatic carbocycles. The Bertz CT molecular complexity index is 357. The monoisotopic (exact) mass is 320 g/mol. The van der Waals surface area contributed by atoms with Gasteiger partial charge in [-0.25, -0.2) is 4.79 Å². The fourth-order valence-electron chi connectivity index (χ4n) is 0.903. The van der Waals surface area contributed by atoms with Crippen LogP contribution in [-0.4, -0.2) is 20.6 Å². The third-order valence-electron chi connectivity index (χ3n) is 1.61. The van der Waals surface area contributed by atoms with Crippen molar-refractivity contribution < 1.29 is 14.7 Å². The van der Waals surface area contributed by atoms with Crippen LogP contribution in [0.1, 0.15) is 20.7 Å². The molecule has 0 spiro atoms. The molecule has 0 aliphatic carbocycles. The smallest absolute Gasteiger partial charge is 0.335 e. The zero-order valence-electron chi connectivity index (χ0n) is 6.91. The molecule has 0 saturated heterocycles. The lowest BCUT2D eigenvalue weighted by Gasteiger charge is -2.01. The zero-order valence-corrected chi connectivity index (χ0v) is 10.1. The van der Waals surface area contributed by atoms with Crippen molar-refractivity contribution in [2.75, 3.05) is 0 Å². The number of hydrogen-bond donors (Lipinski definition) is 1. The molecule has 0 bridgehead atoms. The maximum atomic E-state index is 11.4. The molecule has 0 heterocycles. The predicted octanol–water partition coefficient (Wildman–Crippen LogP) is 2.68. The van der Waals surface area contributed by atoms with E-state index in [1.165, 1.54) is 24.3 Å². The molecule has 14 heavy (non-hydrogen) atoms. The van der Waals surface area contributed by atoms with Crippen LogP contribution in [0.4, 0.5) is 0 Å². The van der Waals surface area contributed by atoms with Crippen LogP contribution in [0.2, 0.25) is 0 Å². The van der Waals surface area contributed by atoms with E-state index in [0.717, 1.165) is 0 Å². The van der Waals surface area contributed by atoms with Crippen LogP contribution in [0.5, 0.6) is 0 Å². The number of ketones is 1. The van der Waals surface area contributed by atoms with Gasteiger partial charge >= 0.3 is 5.97 Å². The van der Waals surface area contributed by atoms with Gasteiger partial charge in [-0.1, -0.05) is 44.0 Å². The van der Waals surface area contributed by atoms with E-state index in [0.29, 0.717) is 5.56 Å². The molecule has 0 unspecified atom stereocenters. The summed E-state index contributed by atoms with van der Waals surface area (Å²) in [6.45, 7) is 0. The number of carboxylic acid groups (broad SMARTS) is 1. The van der Waals surface area contributed by atoms with Crippen molar-refractivity contribution in [3.05, 3.63) is 35.4 Å². The number of rotatable bonds is 3. The lowest BCUT2D eigenvalue weighted by Crippen LogP contribution is -2.07. The summed E-state index contributed by atoms with van der Waals surface area (Å²) >= 11 is 6.15. The van der Waals surface area contributed by atoms with E-state index in [1.807, 2.05) is 0 Å². The first kappa shape index (κ1) is 11.4. The summed E-state index contributed by atoms with van der Waals surface area (Å²) in [6, 6.07) is 5.78. The molecule has 0 amide bonds.